The fourth-order valence-corrected chi connectivity index (χ4v) is 1.34. The number of aromatic nitrogens is 3. The van der Waals surface area contributed by atoms with Crippen LogP contribution in [0.5, 0.6) is 0 Å². The normalized spacial score (nSPS) is 12.4. The molecule has 0 spiro atoms. The Bertz CT molecular complexity index is 297. The van der Waals surface area contributed by atoms with E-state index < -0.39 is 0 Å². The van der Waals surface area contributed by atoms with Crippen molar-refractivity contribution in [3.8, 4) is 6.07 Å². The first-order valence-corrected chi connectivity index (χ1v) is 4.55. The smallest absolute Gasteiger partial charge is 0.251 e. The van der Waals surface area contributed by atoms with E-state index >= 15 is 0 Å². The van der Waals surface area contributed by atoms with E-state index in [9.17, 15) is 0 Å². The van der Waals surface area contributed by atoms with E-state index in [1.165, 1.54) is 12.8 Å². The van der Waals surface area contributed by atoms with E-state index in [0.717, 1.165) is 6.54 Å². The van der Waals surface area contributed by atoms with E-state index in [0.29, 0.717) is 5.92 Å². The number of hydrogen-bond donors (Lipinski definition) is 0. The molecule has 1 rings (SSSR count). The van der Waals surface area contributed by atoms with Crippen molar-refractivity contribution in [1.29, 1.82) is 5.26 Å². The second kappa shape index (κ2) is 4.61. The van der Waals surface area contributed by atoms with Crippen molar-refractivity contribution in [3.05, 3.63) is 12.2 Å². The highest BCUT2D eigenvalue weighted by Gasteiger charge is 2.04. The number of nitrogens with zero attached hydrogens (tertiary/aromatic N) is 4. The standard InChI is InChI=1S/C9H14N4/c1-3-4-8(2)6-13-7-11-9(5-10)12-13/h7-8H,3-4,6H2,1-2H3. The lowest BCUT2D eigenvalue weighted by Gasteiger charge is -2.08. The van der Waals surface area contributed by atoms with Gasteiger partial charge in [0, 0.05) is 6.54 Å². The Labute approximate surface area is 78.2 Å². The Balaban J connectivity index is 2.50. The van der Waals surface area contributed by atoms with Gasteiger partial charge in [-0.15, -0.1) is 5.10 Å². The Hall–Kier alpha value is -1.37. The van der Waals surface area contributed by atoms with Gasteiger partial charge in [0.15, 0.2) is 0 Å². The quantitative estimate of drug-likeness (QED) is 0.703. The first-order chi connectivity index (χ1) is 6.26. The van der Waals surface area contributed by atoms with Crippen LogP contribution in [0.1, 0.15) is 32.5 Å². The van der Waals surface area contributed by atoms with Crippen LogP contribution < -0.4 is 0 Å². The molecule has 1 heterocycles. The highest BCUT2D eigenvalue weighted by molar-refractivity contribution is 5.05. The molecule has 1 aromatic heterocycles. The zero-order chi connectivity index (χ0) is 9.68. The summed E-state index contributed by atoms with van der Waals surface area (Å²) < 4.78 is 1.74. The van der Waals surface area contributed by atoms with Gasteiger partial charge in [-0.2, -0.15) is 5.26 Å². The Kier molecular flexibility index (Phi) is 3.44. The van der Waals surface area contributed by atoms with Gasteiger partial charge in [0.2, 0.25) is 0 Å². The molecule has 0 aliphatic carbocycles. The zero-order valence-electron chi connectivity index (χ0n) is 8.06. The predicted octanol–water partition coefficient (Wildman–Crippen LogP) is 1.59. The molecule has 13 heavy (non-hydrogen) atoms. The summed E-state index contributed by atoms with van der Waals surface area (Å²) in [6.07, 6.45) is 3.98. The van der Waals surface area contributed by atoms with Crippen LogP contribution in [0.4, 0.5) is 0 Å². The highest BCUT2D eigenvalue weighted by Crippen LogP contribution is 2.06. The first-order valence-electron chi connectivity index (χ1n) is 4.55. The van der Waals surface area contributed by atoms with Crippen molar-refractivity contribution < 1.29 is 0 Å². The molecular weight excluding hydrogens is 164 g/mol. The van der Waals surface area contributed by atoms with Gasteiger partial charge in [0.05, 0.1) is 0 Å². The second-order valence-corrected chi connectivity index (χ2v) is 3.30. The van der Waals surface area contributed by atoms with Crippen molar-refractivity contribution in [2.75, 3.05) is 0 Å². The molecule has 70 valence electrons. The minimum absolute atomic E-state index is 0.253. The molecule has 0 radical (unpaired) electrons. The van der Waals surface area contributed by atoms with Crippen LogP contribution >= 0.6 is 0 Å². The molecule has 0 aliphatic rings. The van der Waals surface area contributed by atoms with Gasteiger partial charge >= 0.3 is 0 Å². The molecule has 0 aliphatic heterocycles. The molecule has 0 aromatic carbocycles. The van der Waals surface area contributed by atoms with Gasteiger partial charge in [0.1, 0.15) is 12.4 Å². The number of nitriles is 1. The maximum absolute atomic E-state index is 8.50. The lowest BCUT2D eigenvalue weighted by atomic mass is 10.1. The van der Waals surface area contributed by atoms with Crippen molar-refractivity contribution in [1.82, 2.24) is 14.8 Å². The Morgan fingerprint density at radius 2 is 2.46 bits per heavy atom. The van der Waals surface area contributed by atoms with Crippen LogP contribution in [-0.4, -0.2) is 14.8 Å². The van der Waals surface area contributed by atoms with Crippen LogP contribution in [0.2, 0.25) is 0 Å². The summed E-state index contributed by atoms with van der Waals surface area (Å²) >= 11 is 0. The fraction of sp³-hybridized carbons (Fsp3) is 0.667. The van der Waals surface area contributed by atoms with Gasteiger partial charge in [0.25, 0.3) is 5.82 Å². The summed E-state index contributed by atoms with van der Waals surface area (Å²) in [5, 5.41) is 12.5. The molecular formula is C9H14N4. The molecule has 1 atom stereocenters. The molecule has 1 unspecified atom stereocenters. The lowest BCUT2D eigenvalue weighted by molar-refractivity contribution is 0.419. The summed E-state index contributed by atoms with van der Waals surface area (Å²) in [6.45, 7) is 5.19. The topological polar surface area (TPSA) is 54.5 Å². The van der Waals surface area contributed by atoms with Crippen LogP contribution in [-0.2, 0) is 6.54 Å². The molecule has 0 fully saturated rings. The molecule has 0 bridgehead atoms. The average Bonchev–Trinajstić information content (AvgIpc) is 2.52. The third-order valence-corrected chi connectivity index (χ3v) is 1.92. The van der Waals surface area contributed by atoms with Crippen molar-refractivity contribution >= 4 is 0 Å². The number of rotatable bonds is 4. The van der Waals surface area contributed by atoms with Gasteiger partial charge in [-0.05, 0) is 12.3 Å². The first kappa shape index (κ1) is 9.72. The van der Waals surface area contributed by atoms with Crippen LogP contribution in [0, 0.1) is 17.2 Å². The number of hydrogen-bond acceptors (Lipinski definition) is 3. The highest BCUT2D eigenvalue weighted by atomic mass is 15.3. The second-order valence-electron chi connectivity index (χ2n) is 3.30. The van der Waals surface area contributed by atoms with E-state index in [4.69, 9.17) is 5.26 Å². The van der Waals surface area contributed by atoms with Crippen LogP contribution in [0.25, 0.3) is 0 Å². The van der Waals surface area contributed by atoms with Gasteiger partial charge in [-0.1, -0.05) is 20.3 Å². The lowest BCUT2D eigenvalue weighted by Crippen LogP contribution is -2.07. The van der Waals surface area contributed by atoms with E-state index in [2.05, 4.69) is 23.9 Å². The zero-order valence-corrected chi connectivity index (χ0v) is 8.06. The summed E-state index contributed by atoms with van der Waals surface area (Å²) in [7, 11) is 0. The molecule has 0 N–H and O–H groups in total. The summed E-state index contributed by atoms with van der Waals surface area (Å²) in [6, 6.07) is 1.91. The summed E-state index contributed by atoms with van der Waals surface area (Å²) in [4.78, 5) is 3.84. The monoisotopic (exact) mass is 178 g/mol. The maximum Gasteiger partial charge on any atom is 0.252 e. The van der Waals surface area contributed by atoms with E-state index in [1.54, 1.807) is 11.0 Å². The van der Waals surface area contributed by atoms with E-state index in [1.807, 2.05) is 6.07 Å². The molecule has 0 saturated heterocycles. The molecule has 0 amide bonds. The van der Waals surface area contributed by atoms with Crippen molar-refractivity contribution in [3.63, 3.8) is 0 Å². The SMILES string of the molecule is CCCC(C)Cn1cnc(C#N)n1. The minimum atomic E-state index is 0.253. The maximum atomic E-state index is 8.50. The Morgan fingerprint density at radius 1 is 1.69 bits per heavy atom. The van der Waals surface area contributed by atoms with Gasteiger partial charge < -0.3 is 0 Å². The van der Waals surface area contributed by atoms with Crippen molar-refractivity contribution in [2.24, 2.45) is 5.92 Å². The average molecular weight is 178 g/mol. The molecule has 0 saturated carbocycles. The molecule has 4 heteroatoms. The fourth-order valence-electron chi connectivity index (χ4n) is 1.34. The third-order valence-electron chi connectivity index (χ3n) is 1.92. The van der Waals surface area contributed by atoms with Gasteiger partial charge in [-0.25, -0.2) is 4.98 Å². The van der Waals surface area contributed by atoms with Gasteiger partial charge in [-0.3, -0.25) is 4.68 Å². The largest absolute Gasteiger partial charge is 0.252 e. The van der Waals surface area contributed by atoms with Crippen molar-refractivity contribution in [2.45, 2.75) is 33.2 Å². The predicted molar refractivity (Wildman–Crippen MR) is 48.8 cm³/mol. The summed E-state index contributed by atoms with van der Waals surface area (Å²) in [5.41, 5.74) is 0. The van der Waals surface area contributed by atoms with Crippen LogP contribution in [0.15, 0.2) is 6.33 Å². The van der Waals surface area contributed by atoms with Crippen LogP contribution in [0.3, 0.4) is 0 Å². The third kappa shape index (κ3) is 2.86. The Morgan fingerprint density at radius 3 is 3.00 bits per heavy atom. The minimum Gasteiger partial charge on any atom is -0.251 e. The van der Waals surface area contributed by atoms with E-state index in [-0.39, 0.29) is 5.82 Å². The molecule has 4 nitrogen and oxygen atoms in total. The molecule has 1 aromatic rings. The summed E-state index contributed by atoms with van der Waals surface area (Å²) in [5.74, 6) is 0.849.